The number of hydrogen-bond donors (Lipinski definition) is 0. The fourth-order valence-electron chi connectivity index (χ4n) is 3.11. The second-order valence-corrected chi connectivity index (χ2v) is 6.51. The third-order valence-electron chi connectivity index (χ3n) is 4.16. The molecule has 1 saturated heterocycles. The molecule has 1 atom stereocenters. The molecule has 2 aromatic rings. The van der Waals surface area contributed by atoms with E-state index < -0.39 is 0 Å². The summed E-state index contributed by atoms with van der Waals surface area (Å²) < 4.78 is 0. The van der Waals surface area contributed by atoms with Gasteiger partial charge in [-0.3, -0.25) is 9.88 Å². The number of rotatable bonds is 4. The average Bonchev–Trinajstić information content (AvgIpc) is 2.48. The van der Waals surface area contributed by atoms with Gasteiger partial charge in [0.25, 0.3) is 0 Å². The summed E-state index contributed by atoms with van der Waals surface area (Å²) in [5, 5.41) is 2.35. The van der Waals surface area contributed by atoms with Crippen molar-refractivity contribution in [3.8, 4) is 0 Å². The smallest absolute Gasteiger partial charge is 0.0705 e. The van der Waals surface area contributed by atoms with E-state index in [2.05, 4.69) is 57.2 Å². The number of benzene rings is 1. The van der Waals surface area contributed by atoms with Gasteiger partial charge in [0.2, 0.25) is 0 Å². The maximum atomic E-state index is 4.79. The fraction of sp³-hybridized carbons (Fsp3) is 0.471. The van der Waals surface area contributed by atoms with E-state index in [4.69, 9.17) is 4.98 Å². The van der Waals surface area contributed by atoms with Gasteiger partial charge in [-0.25, -0.2) is 0 Å². The monoisotopic (exact) mass is 332 g/mol. The Bertz CT molecular complexity index is 568. The van der Waals surface area contributed by atoms with E-state index >= 15 is 0 Å². The SMILES string of the molecule is BrCCC1CCCN(Cc2ccc3ccccc3n2)C1. The highest BCUT2D eigenvalue weighted by atomic mass is 79.9. The average molecular weight is 333 g/mol. The standard InChI is InChI=1S/C17H21BrN2/c18-10-9-14-4-3-11-20(12-14)13-16-8-7-15-5-1-2-6-17(15)19-16/h1-2,5-8,14H,3-4,9-13H2. The van der Waals surface area contributed by atoms with Crippen LogP contribution in [0, 0.1) is 5.92 Å². The molecule has 3 rings (SSSR count). The minimum absolute atomic E-state index is 0.851. The molecule has 1 aromatic carbocycles. The largest absolute Gasteiger partial charge is 0.297 e. The maximum Gasteiger partial charge on any atom is 0.0705 e. The summed E-state index contributed by atoms with van der Waals surface area (Å²) in [7, 11) is 0. The molecule has 0 aliphatic carbocycles. The van der Waals surface area contributed by atoms with E-state index in [9.17, 15) is 0 Å². The van der Waals surface area contributed by atoms with Crippen molar-refractivity contribution >= 4 is 26.8 Å². The number of aromatic nitrogens is 1. The summed E-state index contributed by atoms with van der Waals surface area (Å²) in [6.45, 7) is 3.43. The van der Waals surface area contributed by atoms with Crippen LogP contribution in [0.25, 0.3) is 10.9 Å². The second kappa shape index (κ2) is 6.68. The van der Waals surface area contributed by atoms with Crippen molar-refractivity contribution in [3.63, 3.8) is 0 Å². The molecule has 0 bridgehead atoms. The molecule has 0 N–H and O–H groups in total. The highest BCUT2D eigenvalue weighted by molar-refractivity contribution is 9.09. The normalized spacial score (nSPS) is 20.4. The molecule has 1 fully saturated rings. The van der Waals surface area contributed by atoms with E-state index in [1.54, 1.807) is 0 Å². The van der Waals surface area contributed by atoms with Crippen LogP contribution in [0.4, 0.5) is 0 Å². The van der Waals surface area contributed by atoms with Gasteiger partial charge in [-0.05, 0) is 43.9 Å². The first kappa shape index (κ1) is 14.0. The molecule has 1 aliphatic rings. The van der Waals surface area contributed by atoms with Gasteiger partial charge in [-0.1, -0.05) is 40.2 Å². The zero-order valence-electron chi connectivity index (χ0n) is 11.8. The lowest BCUT2D eigenvalue weighted by atomic mass is 9.95. The lowest BCUT2D eigenvalue weighted by Gasteiger charge is -2.32. The van der Waals surface area contributed by atoms with E-state index in [1.165, 1.54) is 43.4 Å². The number of para-hydroxylation sites is 1. The number of halogens is 1. The first-order valence-electron chi connectivity index (χ1n) is 7.48. The zero-order chi connectivity index (χ0) is 13.8. The third kappa shape index (κ3) is 3.39. The van der Waals surface area contributed by atoms with Crippen molar-refractivity contribution in [1.29, 1.82) is 0 Å². The molecular formula is C17H21BrN2. The number of alkyl halides is 1. The van der Waals surface area contributed by atoms with Gasteiger partial charge in [-0.2, -0.15) is 0 Å². The summed E-state index contributed by atoms with van der Waals surface area (Å²) in [4.78, 5) is 7.35. The molecule has 2 heterocycles. The molecule has 20 heavy (non-hydrogen) atoms. The first-order chi connectivity index (χ1) is 9.85. The van der Waals surface area contributed by atoms with Gasteiger partial charge in [0.05, 0.1) is 11.2 Å². The van der Waals surface area contributed by atoms with Gasteiger partial charge in [0.15, 0.2) is 0 Å². The zero-order valence-corrected chi connectivity index (χ0v) is 13.3. The van der Waals surface area contributed by atoms with Gasteiger partial charge in [0.1, 0.15) is 0 Å². The predicted molar refractivity (Wildman–Crippen MR) is 88.2 cm³/mol. The van der Waals surface area contributed by atoms with Crippen molar-refractivity contribution in [2.75, 3.05) is 18.4 Å². The summed E-state index contributed by atoms with van der Waals surface area (Å²) in [6.07, 6.45) is 4.00. The van der Waals surface area contributed by atoms with Crippen LogP contribution in [0.2, 0.25) is 0 Å². The number of fused-ring (bicyclic) bond motifs is 1. The number of piperidine rings is 1. The van der Waals surface area contributed by atoms with Crippen molar-refractivity contribution in [1.82, 2.24) is 9.88 Å². The quantitative estimate of drug-likeness (QED) is 0.779. The molecule has 1 aliphatic heterocycles. The Hall–Kier alpha value is -0.930. The second-order valence-electron chi connectivity index (χ2n) is 5.72. The third-order valence-corrected chi connectivity index (χ3v) is 4.62. The molecule has 1 aromatic heterocycles. The minimum atomic E-state index is 0.851. The number of likely N-dealkylation sites (tertiary alicyclic amines) is 1. The van der Waals surface area contributed by atoms with Crippen LogP contribution in [-0.2, 0) is 6.54 Å². The Morgan fingerprint density at radius 3 is 3.00 bits per heavy atom. The number of pyridine rings is 1. The van der Waals surface area contributed by atoms with Crippen LogP contribution in [0.3, 0.4) is 0 Å². The Labute approximate surface area is 129 Å². The van der Waals surface area contributed by atoms with E-state index in [0.717, 1.165) is 23.3 Å². The van der Waals surface area contributed by atoms with Gasteiger partial charge >= 0.3 is 0 Å². The van der Waals surface area contributed by atoms with E-state index in [-0.39, 0.29) is 0 Å². The van der Waals surface area contributed by atoms with Gasteiger partial charge in [0, 0.05) is 23.8 Å². The maximum absolute atomic E-state index is 4.79. The molecule has 0 amide bonds. The lowest BCUT2D eigenvalue weighted by Crippen LogP contribution is -2.35. The number of nitrogens with zero attached hydrogens (tertiary/aromatic N) is 2. The molecule has 2 nitrogen and oxygen atoms in total. The molecule has 0 saturated carbocycles. The minimum Gasteiger partial charge on any atom is -0.297 e. The van der Waals surface area contributed by atoms with Crippen molar-refractivity contribution < 1.29 is 0 Å². The molecule has 0 spiro atoms. The Morgan fingerprint density at radius 2 is 2.10 bits per heavy atom. The molecular weight excluding hydrogens is 312 g/mol. The number of hydrogen-bond acceptors (Lipinski definition) is 2. The van der Waals surface area contributed by atoms with Crippen LogP contribution in [0.5, 0.6) is 0 Å². The molecule has 3 heteroatoms. The summed E-state index contributed by atoms with van der Waals surface area (Å²) in [6, 6.07) is 12.7. The van der Waals surface area contributed by atoms with Crippen LogP contribution < -0.4 is 0 Å². The summed E-state index contributed by atoms with van der Waals surface area (Å²) in [5.74, 6) is 0.851. The first-order valence-corrected chi connectivity index (χ1v) is 8.60. The van der Waals surface area contributed by atoms with Crippen molar-refractivity contribution in [2.24, 2.45) is 5.92 Å². The molecule has 0 radical (unpaired) electrons. The van der Waals surface area contributed by atoms with Crippen molar-refractivity contribution in [2.45, 2.75) is 25.8 Å². The van der Waals surface area contributed by atoms with E-state index in [1.807, 2.05) is 0 Å². The van der Waals surface area contributed by atoms with Gasteiger partial charge < -0.3 is 0 Å². The molecule has 106 valence electrons. The summed E-state index contributed by atoms with van der Waals surface area (Å²) >= 11 is 3.57. The van der Waals surface area contributed by atoms with Gasteiger partial charge in [-0.15, -0.1) is 0 Å². The predicted octanol–water partition coefficient (Wildman–Crippen LogP) is 4.23. The topological polar surface area (TPSA) is 16.1 Å². The van der Waals surface area contributed by atoms with Crippen molar-refractivity contribution in [3.05, 3.63) is 42.1 Å². The fourth-order valence-corrected chi connectivity index (χ4v) is 3.76. The Balaban J connectivity index is 1.69. The lowest BCUT2D eigenvalue weighted by molar-refractivity contribution is 0.164. The highest BCUT2D eigenvalue weighted by Crippen LogP contribution is 2.22. The summed E-state index contributed by atoms with van der Waals surface area (Å²) in [5.41, 5.74) is 2.31. The van der Waals surface area contributed by atoms with Crippen LogP contribution in [0.15, 0.2) is 36.4 Å². The Morgan fingerprint density at radius 1 is 1.20 bits per heavy atom. The van der Waals surface area contributed by atoms with Crippen LogP contribution in [0.1, 0.15) is 25.0 Å². The molecule has 1 unspecified atom stereocenters. The van der Waals surface area contributed by atoms with Crippen LogP contribution in [-0.4, -0.2) is 28.3 Å². The van der Waals surface area contributed by atoms with E-state index in [0.29, 0.717) is 0 Å². The van der Waals surface area contributed by atoms with Crippen LogP contribution >= 0.6 is 15.9 Å². The Kier molecular flexibility index (Phi) is 4.69. The highest BCUT2D eigenvalue weighted by Gasteiger charge is 2.19.